The number of rotatable bonds is 8. The summed E-state index contributed by atoms with van der Waals surface area (Å²) in [6.45, 7) is 13.8. The smallest absolute Gasteiger partial charge is 0.135 e. The van der Waals surface area contributed by atoms with Gasteiger partial charge in [-0.3, -0.25) is 9.98 Å². The van der Waals surface area contributed by atoms with Crippen molar-refractivity contribution in [1.29, 1.82) is 0 Å². The van der Waals surface area contributed by atoms with E-state index in [0.29, 0.717) is 23.4 Å². The molecule has 0 heterocycles. The maximum atomic E-state index is 15.0. The van der Waals surface area contributed by atoms with Crippen LogP contribution in [0.2, 0.25) is 0 Å². The molecule has 0 aliphatic rings. The van der Waals surface area contributed by atoms with Crippen LogP contribution in [0.4, 0.5) is 4.39 Å². The number of allylic oxidation sites excluding steroid dienone is 4. The van der Waals surface area contributed by atoms with Crippen molar-refractivity contribution in [2.75, 3.05) is 13.6 Å². The van der Waals surface area contributed by atoms with E-state index in [0.717, 1.165) is 29.1 Å². The Morgan fingerprint density at radius 2 is 2.07 bits per heavy atom. The third-order valence-electron chi connectivity index (χ3n) is 4.25. The molecule has 0 aliphatic carbocycles. The molecule has 0 aromatic heterocycles. The fourth-order valence-electron chi connectivity index (χ4n) is 2.86. The second-order valence-electron chi connectivity index (χ2n) is 6.75. The van der Waals surface area contributed by atoms with Crippen molar-refractivity contribution in [2.45, 2.75) is 47.1 Å². The third kappa shape index (κ3) is 6.27. The molecular formula is C23H33FN4. The van der Waals surface area contributed by atoms with E-state index in [1.807, 2.05) is 45.1 Å². The fourth-order valence-corrected chi connectivity index (χ4v) is 2.86. The van der Waals surface area contributed by atoms with E-state index in [4.69, 9.17) is 5.73 Å². The Labute approximate surface area is 168 Å². The first-order chi connectivity index (χ1) is 13.3. The van der Waals surface area contributed by atoms with Gasteiger partial charge >= 0.3 is 0 Å². The highest BCUT2D eigenvalue weighted by Crippen LogP contribution is 2.23. The zero-order chi connectivity index (χ0) is 21.3. The molecule has 152 valence electrons. The van der Waals surface area contributed by atoms with E-state index < -0.39 is 0 Å². The molecule has 0 amide bonds. The number of aliphatic imine (C=N–C) groups is 2. The maximum Gasteiger partial charge on any atom is 0.135 e. The van der Waals surface area contributed by atoms with E-state index in [9.17, 15) is 4.39 Å². The highest BCUT2D eigenvalue weighted by Gasteiger charge is 2.19. The Morgan fingerprint density at radius 1 is 1.39 bits per heavy atom. The van der Waals surface area contributed by atoms with Crippen molar-refractivity contribution in [3.8, 4) is 0 Å². The van der Waals surface area contributed by atoms with Gasteiger partial charge in [-0.15, -0.1) is 0 Å². The molecule has 3 N–H and O–H groups in total. The molecule has 0 aliphatic heterocycles. The second kappa shape index (κ2) is 11.3. The zero-order valence-electron chi connectivity index (χ0n) is 17.9. The predicted octanol–water partition coefficient (Wildman–Crippen LogP) is 4.49. The lowest BCUT2D eigenvalue weighted by molar-refractivity contribution is 0.615. The van der Waals surface area contributed by atoms with Gasteiger partial charge in [-0.25, -0.2) is 4.39 Å². The molecule has 4 nitrogen and oxygen atoms in total. The SMILES string of the molecule is C=C/C=C(NC(C)=NC[C@H](C)N)/C(=C/C)C(=NC)c1cc(CC)cc(C)c1F. The summed E-state index contributed by atoms with van der Waals surface area (Å²) in [6.07, 6.45) is 6.26. The molecule has 0 spiro atoms. The molecule has 1 atom stereocenters. The Bertz CT molecular complexity index is 814. The van der Waals surface area contributed by atoms with Crippen LogP contribution in [-0.4, -0.2) is 31.2 Å². The lowest BCUT2D eigenvalue weighted by atomic mass is 9.94. The van der Waals surface area contributed by atoms with Gasteiger partial charge in [0.1, 0.15) is 5.82 Å². The Balaban J connectivity index is 3.42. The number of benzene rings is 1. The van der Waals surface area contributed by atoms with Crippen LogP contribution in [0.5, 0.6) is 0 Å². The summed E-state index contributed by atoms with van der Waals surface area (Å²) in [6, 6.07) is 3.73. The molecule has 0 saturated heterocycles. The molecule has 0 radical (unpaired) electrons. The first kappa shape index (κ1) is 23.5. The van der Waals surface area contributed by atoms with Crippen LogP contribution < -0.4 is 11.1 Å². The van der Waals surface area contributed by atoms with E-state index in [-0.39, 0.29) is 11.9 Å². The first-order valence-corrected chi connectivity index (χ1v) is 9.58. The second-order valence-corrected chi connectivity index (χ2v) is 6.75. The van der Waals surface area contributed by atoms with Crippen molar-refractivity contribution in [2.24, 2.45) is 15.7 Å². The maximum absolute atomic E-state index is 15.0. The summed E-state index contributed by atoms with van der Waals surface area (Å²) in [5.41, 5.74) is 10.1. The molecule has 1 rings (SSSR count). The summed E-state index contributed by atoms with van der Waals surface area (Å²) in [7, 11) is 1.68. The Morgan fingerprint density at radius 3 is 2.57 bits per heavy atom. The number of nitrogens with two attached hydrogens (primary N) is 1. The average Bonchev–Trinajstić information content (AvgIpc) is 2.66. The van der Waals surface area contributed by atoms with Crippen molar-refractivity contribution >= 4 is 11.5 Å². The summed E-state index contributed by atoms with van der Waals surface area (Å²) in [5, 5.41) is 3.28. The standard InChI is InChI=1S/C23H33FN4/c1-8-11-21(28-17(6)27-14-16(5)25)19(10-3)23(26-7)20-13-18(9-2)12-15(4)22(20)24/h8,10-13,16H,1,9,14,25H2,2-7H3,(H,27,28)/b19-10-,21-11-,26-23?/t16-/m0/s1. The number of nitrogens with zero attached hydrogens (tertiary/aromatic N) is 2. The summed E-state index contributed by atoms with van der Waals surface area (Å²) >= 11 is 0. The molecule has 0 unspecified atom stereocenters. The van der Waals surface area contributed by atoms with Gasteiger partial charge in [0.2, 0.25) is 0 Å². The zero-order valence-corrected chi connectivity index (χ0v) is 17.9. The quantitative estimate of drug-likeness (QED) is 0.394. The molecule has 0 bridgehead atoms. The lowest BCUT2D eigenvalue weighted by Crippen LogP contribution is -2.27. The molecule has 0 saturated carbocycles. The third-order valence-corrected chi connectivity index (χ3v) is 4.25. The van der Waals surface area contributed by atoms with Gasteiger partial charge < -0.3 is 11.1 Å². The minimum Gasteiger partial charge on any atom is -0.344 e. The van der Waals surface area contributed by atoms with Crippen molar-refractivity contribution in [3.63, 3.8) is 0 Å². The summed E-state index contributed by atoms with van der Waals surface area (Å²) < 4.78 is 15.0. The van der Waals surface area contributed by atoms with Crippen LogP contribution in [0, 0.1) is 12.7 Å². The van der Waals surface area contributed by atoms with Gasteiger partial charge in [0.25, 0.3) is 0 Å². The highest BCUT2D eigenvalue weighted by atomic mass is 19.1. The van der Waals surface area contributed by atoms with Crippen LogP contribution in [0.25, 0.3) is 0 Å². The minimum absolute atomic E-state index is 0.0219. The number of amidine groups is 1. The van der Waals surface area contributed by atoms with Crippen LogP contribution in [0.3, 0.4) is 0 Å². The van der Waals surface area contributed by atoms with Crippen LogP contribution in [0.15, 0.2) is 58.2 Å². The van der Waals surface area contributed by atoms with E-state index in [1.165, 1.54) is 0 Å². The normalized spacial score (nSPS) is 14.9. The molecule has 0 fully saturated rings. The van der Waals surface area contributed by atoms with Gasteiger partial charge in [0, 0.05) is 29.9 Å². The number of aryl methyl sites for hydroxylation is 2. The number of hydrogen-bond acceptors (Lipinski definition) is 3. The molecule has 1 aromatic carbocycles. The number of hydrogen-bond donors (Lipinski definition) is 2. The summed E-state index contributed by atoms with van der Waals surface area (Å²) in [5.74, 6) is 0.469. The number of nitrogens with one attached hydrogen (secondary N) is 1. The minimum atomic E-state index is -0.252. The fraction of sp³-hybridized carbons (Fsp3) is 0.391. The average molecular weight is 385 g/mol. The van der Waals surface area contributed by atoms with Gasteiger partial charge in [0.15, 0.2) is 0 Å². The topological polar surface area (TPSA) is 62.8 Å². The Kier molecular flexibility index (Phi) is 9.52. The van der Waals surface area contributed by atoms with Crippen LogP contribution in [0.1, 0.15) is 44.4 Å². The Hall–Kier alpha value is -2.53. The van der Waals surface area contributed by atoms with Gasteiger partial charge in [-0.1, -0.05) is 31.7 Å². The van der Waals surface area contributed by atoms with Crippen LogP contribution in [-0.2, 0) is 6.42 Å². The highest BCUT2D eigenvalue weighted by molar-refractivity contribution is 6.16. The monoisotopic (exact) mass is 384 g/mol. The van der Waals surface area contributed by atoms with E-state index in [2.05, 4.69) is 28.8 Å². The lowest BCUT2D eigenvalue weighted by Gasteiger charge is -2.18. The van der Waals surface area contributed by atoms with Gasteiger partial charge in [-0.2, -0.15) is 0 Å². The van der Waals surface area contributed by atoms with Gasteiger partial charge in [-0.05, 0) is 57.4 Å². The van der Waals surface area contributed by atoms with Crippen molar-refractivity contribution < 1.29 is 4.39 Å². The first-order valence-electron chi connectivity index (χ1n) is 9.58. The van der Waals surface area contributed by atoms with E-state index in [1.54, 1.807) is 20.0 Å². The van der Waals surface area contributed by atoms with E-state index >= 15 is 0 Å². The van der Waals surface area contributed by atoms with Crippen molar-refractivity contribution in [3.05, 3.63) is 70.7 Å². The summed E-state index contributed by atoms with van der Waals surface area (Å²) in [4.78, 5) is 8.87. The molecule has 1 aromatic rings. The largest absolute Gasteiger partial charge is 0.344 e. The van der Waals surface area contributed by atoms with Gasteiger partial charge in [0.05, 0.1) is 18.1 Å². The molecule has 5 heteroatoms. The molecule has 28 heavy (non-hydrogen) atoms. The predicted molar refractivity (Wildman–Crippen MR) is 120 cm³/mol. The molecular weight excluding hydrogens is 351 g/mol. The van der Waals surface area contributed by atoms with Crippen molar-refractivity contribution in [1.82, 2.24) is 5.32 Å². The number of halogens is 1. The van der Waals surface area contributed by atoms with Crippen LogP contribution >= 0.6 is 0 Å².